The third-order valence-corrected chi connectivity index (χ3v) is 4.63. The number of thiazole rings is 1. The Hall–Kier alpha value is -2.76. The van der Waals surface area contributed by atoms with Crippen molar-refractivity contribution in [2.45, 2.75) is 6.42 Å². The number of carbonyl (C=O) groups is 1. The zero-order valence-electron chi connectivity index (χ0n) is 13.5. The first-order chi connectivity index (χ1) is 12.3. The number of nitrogens with one attached hydrogen (secondary N) is 1. The number of amides is 1. The van der Waals surface area contributed by atoms with Crippen LogP contribution in [0.5, 0.6) is 0 Å². The van der Waals surface area contributed by atoms with Crippen molar-refractivity contribution in [1.29, 1.82) is 5.26 Å². The van der Waals surface area contributed by atoms with Gasteiger partial charge in [-0.2, -0.15) is 10.4 Å². The van der Waals surface area contributed by atoms with E-state index in [1.54, 1.807) is 12.3 Å². The Balaban J connectivity index is 1.86. The molecule has 0 aliphatic carbocycles. The Morgan fingerprint density at radius 1 is 1.40 bits per heavy atom. The molecule has 0 saturated carbocycles. The van der Waals surface area contributed by atoms with Gasteiger partial charge in [0.1, 0.15) is 6.42 Å². The molecule has 128 valence electrons. The van der Waals surface area contributed by atoms with Crippen LogP contribution < -0.4 is 10.3 Å². The molecule has 0 radical (unpaired) electrons. The number of nitrogens with zero attached hydrogens (tertiary/aromatic N) is 4. The molecular formula is C17H17N5O2S. The molecule has 0 atom stereocenters. The van der Waals surface area contributed by atoms with Crippen LogP contribution in [0.4, 0.5) is 5.13 Å². The summed E-state index contributed by atoms with van der Waals surface area (Å²) in [5.41, 5.74) is 4.17. The SMILES string of the molecule is N#CCC(=O)NN=Cc1sc(N2CCOCC2)nc1-c1ccccc1. The molecule has 1 amide bonds. The van der Waals surface area contributed by atoms with E-state index in [-0.39, 0.29) is 6.42 Å². The summed E-state index contributed by atoms with van der Waals surface area (Å²) in [5, 5.41) is 13.4. The normalized spacial score (nSPS) is 14.4. The minimum absolute atomic E-state index is 0.218. The Morgan fingerprint density at radius 2 is 2.16 bits per heavy atom. The molecule has 7 nitrogen and oxygen atoms in total. The lowest BCUT2D eigenvalue weighted by Gasteiger charge is -2.26. The average molecular weight is 355 g/mol. The molecule has 1 aliphatic rings. The van der Waals surface area contributed by atoms with E-state index in [0.717, 1.165) is 34.4 Å². The Kier molecular flexibility index (Phi) is 5.72. The molecular weight excluding hydrogens is 338 g/mol. The second-order valence-electron chi connectivity index (χ2n) is 5.30. The summed E-state index contributed by atoms with van der Waals surface area (Å²) in [5.74, 6) is -0.432. The fraction of sp³-hybridized carbons (Fsp3) is 0.294. The minimum atomic E-state index is -0.432. The second-order valence-corrected chi connectivity index (χ2v) is 6.31. The van der Waals surface area contributed by atoms with Crippen LogP contribution in [0.3, 0.4) is 0 Å². The molecule has 1 saturated heterocycles. The predicted molar refractivity (Wildman–Crippen MR) is 96.5 cm³/mol. The number of aromatic nitrogens is 1. The summed E-state index contributed by atoms with van der Waals surface area (Å²) in [4.78, 5) is 19.2. The third-order valence-electron chi connectivity index (χ3n) is 3.58. The van der Waals surface area contributed by atoms with Gasteiger partial charge in [0, 0.05) is 18.7 Å². The van der Waals surface area contributed by atoms with Crippen LogP contribution >= 0.6 is 11.3 Å². The standard InChI is InChI=1S/C17H17N5O2S/c18-7-6-15(23)21-19-12-14-16(13-4-2-1-3-5-13)20-17(25-14)22-8-10-24-11-9-22/h1-5,12H,6,8-11H2,(H,21,23). The first-order valence-electron chi connectivity index (χ1n) is 7.85. The molecule has 0 spiro atoms. The number of carbonyl (C=O) groups excluding carboxylic acids is 1. The van der Waals surface area contributed by atoms with Crippen molar-refractivity contribution in [3.05, 3.63) is 35.2 Å². The molecule has 1 aliphatic heterocycles. The lowest BCUT2D eigenvalue weighted by molar-refractivity contribution is -0.120. The lowest BCUT2D eigenvalue weighted by atomic mass is 10.1. The van der Waals surface area contributed by atoms with E-state index in [4.69, 9.17) is 15.0 Å². The summed E-state index contributed by atoms with van der Waals surface area (Å²) in [6.45, 7) is 2.98. The average Bonchev–Trinajstić information content (AvgIpc) is 3.08. The summed E-state index contributed by atoms with van der Waals surface area (Å²) >= 11 is 1.52. The number of hydrogen-bond acceptors (Lipinski definition) is 7. The molecule has 2 aromatic rings. The van der Waals surface area contributed by atoms with E-state index in [2.05, 4.69) is 15.4 Å². The highest BCUT2D eigenvalue weighted by Gasteiger charge is 2.18. The molecule has 25 heavy (non-hydrogen) atoms. The highest BCUT2D eigenvalue weighted by Crippen LogP contribution is 2.32. The zero-order chi connectivity index (χ0) is 17.5. The maximum Gasteiger partial charge on any atom is 0.254 e. The highest BCUT2D eigenvalue weighted by atomic mass is 32.1. The molecule has 1 fully saturated rings. The maximum absolute atomic E-state index is 11.4. The van der Waals surface area contributed by atoms with Crippen molar-refractivity contribution >= 4 is 28.6 Å². The van der Waals surface area contributed by atoms with Crippen molar-refractivity contribution in [2.75, 3.05) is 31.2 Å². The lowest BCUT2D eigenvalue weighted by Crippen LogP contribution is -2.36. The summed E-state index contributed by atoms with van der Waals surface area (Å²) in [6.07, 6.45) is 1.36. The van der Waals surface area contributed by atoms with E-state index in [1.165, 1.54) is 11.3 Å². The molecule has 0 bridgehead atoms. The molecule has 8 heteroatoms. The molecule has 1 N–H and O–H groups in total. The van der Waals surface area contributed by atoms with Gasteiger partial charge in [0.2, 0.25) is 0 Å². The number of nitriles is 1. The van der Waals surface area contributed by atoms with Crippen molar-refractivity contribution < 1.29 is 9.53 Å². The van der Waals surface area contributed by atoms with Gasteiger partial charge in [-0.05, 0) is 0 Å². The van der Waals surface area contributed by atoms with Crippen LogP contribution in [0.2, 0.25) is 0 Å². The first kappa shape index (κ1) is 17.1. The number of morpholine rings is 1. The van der Waals surface area contributed by atoms with E-state index in [9.17, 15) is 4.79 Å². The minimum Gasteiger partial charge on any atom is -0.378 e. The van der Waals surface area contributed by atoms with Crippen LogP contribution in [0.1, 0.15) is 11.3 Å². The van der Waals surface area contributed by atoms with Crippen LogP contribution in [-0.2, 0) is 9.53 Å². The van der Waals surface area contributed by atoms with E-state index in [1.807, 2.05) is 30.3 Å². The fourth-order valence-corrected chi connectivity index (χ4v) is 3.39. The van der Waals surface area contributed by atoms with Gasteiger partial charge in [-0.1, -0.05) is 41.7 Å². The van der Waals surface area contributed by atoms with Crippen molar-refractivity contribution in [2.24, 2.45) is 5.10 Å². The topological polar surface area (TPSA) is 90.6 Å². The Bertz CT molecular complexity index is 791. The number of benzene rings is 1. The summed E-state index contributed by atoms with van der Waals surface area (Å²) < 4.78 is 5.39. The van der Waals surface area contributed by atoms with E-state index >= 15 is 0 Å². The number of rotatable bonds is 5. The molecule has 1 aromatic carbocycles. The molecule has 2 heterocycles. The molecule has 3 rings (SSSR count). The number of anilines is 1. The fourth-order valence-electron chi connectivity index (χ4n) is 2.37. The zero-order valence-corrected chi connectivity index (χ0v) is 14.3. The largest absolute Gasteiger partial charge is 0.378 e. The quantitative estimate of drug-likeness (QED) is 0.654. The van der Waals surface area contributed by atoms with Gasteiger partial charge in [0.05, 0.1) is 36.1 Å². The van der Waals surface area contributed by atoms with Gasteiger partial charge in [-0.15, -0.1) is 0 Å². The van der Waals surface area contributed by atoms with Gasteiger partial charge < -0.3 is 9.64 Å². The van der Waals surface area contributed by atoms with E-state index in [0.29, 0.717) is 13.2 Å². The third kappa shape index (κ3) is 4.41. The van der Waals surface area contributed by atoms with Crippen molar-refractivity contribution in [1.82, 2.24) is 10.4 Å². The van der Waals surface area contributed by atoms with E-state index < -0.39 is 5.91 Å². The smallest absolute Gasteiger partial charge is 0.254 e. The van der Waals surface area contributed by atoms with Gasteiger partial charge in [0.15, 0.2) is 5.13 Å². The Labute approximate surface area is 149 Å². The van der Waals surface area contributed by atoms with Crippen LogP contribution in [0.15, 0.2) is 35.4 Å². The first-order valence-corrected chi connectivity index (χ1v) is 8.67. The van der Waals surface area contributed by atoms with Crippen molar-refractivity contribution in [3.63, 3.8) is 0 Å². The molecule has 0 unspecified atom stereocenters. The van der Waals surface area contributed by atoms with Gasteiger partial charge in [-0.3, -0.25) is 4.79 Å². The van der Waals surface area contributed by atoms with Crippen LogP contribution in [0.25, 0.3) is 11.3 Å². The molecule has 1 aromatic heterocycles. The van der Waals surface area contributed by atoms with Crippen LogP contribution in [-0.4, -0.2) is 43.4 Å². The Morgan fingerprint density at radius 3 is 2.88 bits per heavy atom. The number of ether oxygens (including phenoxy) is 1. The summed E-state index contributed by atoms with van der Waals surface area (Å²) in [7, 11) is 0. The van der Waals surface area contributed by atoms with Gasteiger partial charge in [0.25, 0.3) is 5.91 Å². The summed E-state index contributed by atoms with van der Waals surface area (Å²) in [6, 6.07) is 11.6. The highest BCUT2D eigenvalue weighted by molar-refractivity contribution is 7.17. The number of hydrazone groups is 1. The number of hydrogen-bond donors (Lipinski definition) is 1. The maximum atomic E-state index is 11.4. The predicted octanol–water partition coefficient (Wildman–Crippen LogP) is 2.01. The van der Waals surface area contributed by atoms with Crippen molar-refractivity contribution in [3.8, 4) is 17.3 Å². The monoisotopic (exact) mass is 355 g/mol. The van der Waals surface area contributed by atoms with Gasteiger partial charge in [-0.25, -0.2) is 10.4 Å². The van der Waals surface area contributed by atoms with Gasteiger partial charge >= 0.3 is 0 Å². The second kappa shape index (κ2) is 8.37. The van der Waals surface area contributed by atoms with Crippen LogP contribution in [0, 0.1) is 11.3 Å².